The molecule has 0 aliphatic rings. The Labute approximate surface area is 165 Å². The van der Waals surface area contributed by atoms with Crippen LogP contribution < -0.4 is 0 Å². The lowest BCUT2D eigenvalue weighted by Gasteiger charge is -2.10. The van der Waals surface area contributed by atoms with Crippen molar-refractivity contribution in [2.24, 2.45) is 0 Å². The Morgan fingerprint density at radius 1 is 0.933 bits per heavy atom. The number of hydrogen-bond donors (Lipinski definition) is 0. The molecule has 30 heavy (non-hydrogen) atoms. The first kappa shape index (κ1) is 21.1. The third-order valence-corrected chi connectivity index (χ3v) is 3.99. The van der Waals surface area contributed by atoms with Crippen LogP contribution in [0.4, 0.5) is 30.7 Å². The molecule has 0 unspecified atom stereocenters. The lowest BCUT2D eigenvalue weighted by molar-refractivity contribution is -0.143. The van der Waals surface area contributed by atoms with E-state index >= 15 is 0 Å². The van der Waals surface area contributed by atoms with Crippen molar-refractivity contribution in [2.45, 2.75) is 12.4 Å². The van der Waals surface area contributed by atoms with Crippen LogP contribution in [0.5, 0.6) is 0 Å². The number of nitrogens with zero attached hydrogens (tertiary/aromatic N) is 3. The van der Waals surface area contributed by atoms with Crippen LogP contribution in [-0.4, -0.2) is 9.78 Å². The van der Waals surface area contributed by atoms with Crippen LogP contribution in [0.15, 0.2) is 54.6 Å². The Balaban J connectivity index is 2.00. The lowest BCUT2D eigenvalue weighted by atomic mass is 10.0. The number of alkyl halides is 6. The highest BCUT2D eigenvalue weighted by Crippen LogP contribution is 2.36. The maximum absolute atomic E-state index is 13.3. The van der Waals surface area contributed by atoms with Crippen LogP contribution >= 0.6 is 0 Å². The molecule has 0 saturated carbocycles. The summed E-state index contributed by atoms with van der Waals surface area (Å²) in [5.74, 6) is -0.553. The normalized spacial score (nSPS) is 12.7. The first-order valence-corrected chi connectivity index (χ1v) is 8.21. The fourth-order valence-corrected chi connectivity index (χ4v) is 2.63. The highest BCUT2D eigenvalue weighted by Gasteiger charge is 2.42. The molecule has 10 heteroatoms. The molecular weight excluding hydrogens is 415 g/mol. The predicted molar refractivity (Wildman–Crippen MR) is 93.5 cm³/mol. The second-order valence-corrected chi connectivity index (χ2v) is 6.09. The van der Waals surface area contributed by atoms with Crippen molar-refractivity contribution in [3.8, 4) is 11.8 Å². The van der Waals surface area contributed by atoms with Gasteiger partial charge in [0, 0.05) is 6.07 Å². The molecule has 0 radical (unpaired) electrons. The summed E-state index contributed by atoms with van der Waals surface area (Å²) in [6, 6.07) is 12.0. The number of nitriles is 1. The van der Waals surface area contributed by atoms with E-state index in [-0.39, 0.29) is 22.0 Å². The van der Waals surface area contributed by atoms with Crippen LogP contribution in [0, 0.1) is 17.1 Å². The monoisotopic (exact) mass is 425 g/mol. The molecule has 0 saturated heterocycles. The second-order valence-electron chi connectivity index (χ2n) is 6.09. The molecule has 0 N–H and O–H groups in total. The van der Waals surface area contributed by atoms with Crippen LogP contribution in [-0.2, 0) is 12.4 Å². The Bertz CT molecular complexity index is 1130. The topological polar surface area (TPSA) is 41.6 Å². The Kier molecular flexibility index (Phi) is 5.39. The van der Waals surface area contributed by atoms with Gasteiger partial charge in [-0.15, -0.1) is 0 Å². The maximum Gasteiger partial charge on any atom is 0.435 e. The number of benzene rings is 2. The minimum atomic E-state index is -5.06. The Morgan fingerprint density at radius 3 is 2.13 bits per heavy atom. The van der Waals surface area contributed by atoms with Crippen molar-refractivity contribution in [3.63, 3.8) is 0 Å². The van der Waals surface area contributed by atoms with Crippen LogP contribution in [0.2, 0.25) is 0 Å². The van der Waals surface area contributed by atoms with Crippen LogP contribution in [0.3, 0.4) is 0 Å². The van der Waals surface area contributed by atoms with Gasteiger partial charge in [-0.05, 0) is 41.5 Å². The summed E-state index contributed by atoms with van der Waals surface area (Å²) in [4.78, 5) is 0. The van der Waals surface area contributed by atoms with Gasteiger partial charge in [-0.3, -0.25) is 0 Å². The zero-order valence-electron chi connectivity index (χ0n) is 14.8. The van der Waals surface area contributed by atoms with E-state index in [1.54, 1.807) is 0 Å². The number of halogens is 7. The van der Waals surface area contributed by atoms with Crippen molar-refractivity contribution in [3.05, 3.63) is 82.9 Å². The van der Waals surface area contributed by atoms with Gasteiger partial charge in [-0.25, -0.2) is 9.07 Å². The number of rotatable bonds is 3. The first-order chi connectivity index (χ1) is 14.0. The summed E-state index contributed by atoms with van der Waals surface area (Å²) in [5.41, 5.74) is -2.73. The van der Waals surface area contributed by atoms with Crippen molar-refractivity contribution >= 4 is 11.6 Å². The van der Waals surface area contributed by atoms with Gasteiger partial charge in [0.25, 0.3) is 0 Å². The zero-order valence-corrected chi connectivity index (χ0v) is 14.8. The van der Waals surface area contributed by atoms with E-state index in [9.17, 15) is 36.0 Å². The van der Waals surface area contributed by atoms with Crippen LogP contribution in [0.1, 0.15) is 22.5 Å². The predicted octanol–water partition coefficient (Wildman–Crippen LogP) is 6.11. The quantitative estimate of drug-likeness (QED) is 0.289. The largest absolute Gasteiger partial charge is 0.435 e. The molecule has 0 bridgehead atoms. The smallest absolute Gasteiger partial charge is 0.228 e. The molecule has 0 amide bonds. The van der Waals surface area contributed by atoms with Crippen molar-refractivity contribution < 1.29 is 30.7 Å². The Morgan fingerprint density at radius 2 is 1.60 bits per heavy atom. The maximum atomic E-state index is 13.3. The molecule has 0 spiro atoms. The molecule has 0 fully saturated rings. The highest BCUT2D eigenvalue weighted by atomic mass is 19.4. The van der Waals surface area contributed by atoms with Crippen molar-refractivity contribution in [2.75, 3.05) is 0 Å². The average molecular weight is 425 g/mol. The van der Waals surface area contributed by atoms with E-state index in [4.69, 9.17) is 0 Å². The third-order valence-electron chi connectivity index (χ3n) is 3.99. The van der Waals surface area contributed by atoms with E-state index in [2.05, 4.69) is 5.10 Å². The fourth-order valence-electron chi connectivity index (χ4n) is 2.63. The molecule has 3 nitrogen and oxygen atoms in total. The summed E-state index contributed by atoms with van der Waals surface area (Å²) in [6.45, 7) is 0. The van der Waals surface area contributed by atoms with Gasteiger partial charge in [-0.2, -0.15) is 36.7 Å². The molecule has 3 rings (SSSR count). The second kappa shape index (κ2) is 7.67. The Hall–Kier alpha value is -3.61. The van der Waals surface area contributed by atoms with E-state index in [0.717, 1.165) is 18.2 Å². The lowest BCUT2D eigenvalue weighted by Crippen LogP contribution is -2.13. The van der Waals surface area contributed by atoms with Gasteiger partial charge in [0.05, 0.1) is 17.3 Å². The van der Waals surface area contributed by atoms with Gasteiger partial charge in [0.1, 0.15) is 11.5 Å². The molecular formula is C20H10F7N3. The molecule has 154 valence electrons. The summed E-state index contributed by atoms with van der Waals surface area (Å²) < 4.78 is 91.4. The molecule has 0 aliphatic heterocycles. The minimum absolute atomic E-state index is 0.0639. The number of allylic oxidation sites excluding steroid dienone is 1. The number of hydrogen-bond acceptors (Lipinski definition) is 2. The summed E-state index contributed by atoms with van der Waals surface area (Å²) in [6.07, 6.45) is -8.73. The van der Waals surface area contributed by atoms with Crippen molar-refractivity contribution in [1.29, 1.82) is 5.26 Å². The van der Waals surface area contributed by atoms with Gasteiger partial charge < -0.3 is 0 Å². The average Bonchev–Trinajstić information content (AvgIpc) is 3.13. The van der Waals surface area contributed by atoms with Crippen LogP contribution in [0.25, 0.3) is 17.3 Å². The fraction of sp³-hybridized carbons (Fsp3) is 0.100. The molecule has 1 aromatic heterocycles. The minimum Gasteiger partial charge on any atom is -0.228 e. The van der Waals surface area contributed by atoms with E-state index in [1.807, 2.05) is 6.07 Å². The van der Waals surface area contributed by atoms with Crippen molar-refractivity contribution in [1.82, 2.24) is 9.78 Å². The van der Waals surface area contributed by atoms with Gasteiger partial charge in [0.2, 0.25) is 0 Å². The summed E-state index contributed by atoms with van der Waals surface area (Å²) >= 11 is 0. The molecule has 0 atom stereocenters. The SMILES string of the molecule is N#CC(=Cc1ccc(-n2nc(C(F)(F)F)cc2C(F)(F)F)cc1)c1cccc(F)c1. The van der Waals surface area contributed by atoms with Gasteiger partial charge in [0.15, 0.2) is 5.69 Å². The van der Waals surface area contributed by atoms with E-state index in [0.29, 0.717) is 11.1 Å². The first-order valence-electron chi connectivity index (χ1n) is 8.21. The molecule has 3 aromatic rings. The number of aromatic nitrogens is 2. The van der Waals surface area contributed by atoms with Gasteiger partial charge in [-0.1, -0.05) is 24.3 Å². The molecule has 0 aliphatic carbocycles. The summed E-state index contributed by atoms with van der Waals surface area (Å²) in [7, 11) is 0. The van der Waals surface area contributed by atoms with Gasteiger partial charge >= 0.3 is 12.4 Å². The molecule has 2 aromatic carbocycles. The highest BCUT2D eigenvalue weighted by molar-refractivity contribution is 5.89. The standard InChI is InChI=1S/C20H10F7N3/c21-15-3-1-2-13(9-15)14(11-28)8-12-4-6-16(7-5-12)30-18(20(25,26)27)10-17(29-30)19(22,23)24/h1-10H. The van der Waals surface area contributed by atoms with E-state index < -0.39 is 29.6 Å². The summed E-state index contributed by atoms with van der Waals surface area (Å²) in [5, 5.41) is 12.3. The zero-order chi connectivity index (χ0) is 22.1. The van der Waals surface area contributed by atoms with E-state index in [1.165, 1.54) is 36.4 Å². The third kappa shape index (κ3) is 4.51. The molecule has 1 heterocycles.